The molecule has 0 saturated carbocycles. The Kier molecular flexibility index (Phi) is 7.06. The molecular formula is C19H34N6O. The largest absolute Gasteiger partial charge is 0.356 e. The van der Waals surface area contributed by atoms with Crippen LogP contribution in [0.4, 0.5) is 0 Å². The number of nitrogens with one attached hydrogen (secondary N) is 2. The summed E-state index contributed by atoms with van der Waals surface area (Å²) in [5.41, 5.74) is 2.25. The molecule has 1 saturated heterocycles. The zero-order valence-electron chi connectivity index (χ0n) is 17.0. The van der Waals surface area contributed by atoms with Gasteiger partial charge in [0.15, 0.2) is 5.96 Å². The molecule has 1 amide bonds. The minimum Gasteiger partial charge on any atom is -0.356 e. The molecule has 7 nitrogen and oxygen atoms in total. The summed E-state index contributed by atoms with van der Waals surface area (Å²) in [5.74, 6) is 1.51. The molecule has 2 N–H and O–H groups in total. The number of aliphatic imine (C=N–C) groups is 1. The van der Waals surface area contributed by atoms with Crippen molar-refractivity contribution in [2.24, 2.45) is 16.8 Å². The van der Waals surface area contributed by atoms with Gasteiger partial charge in [-0.1, -0.05) is 20.8 Å². The first-order valence-corrected chi connectivity index (χ1v) is 9.57. The molecule has 0 aliphatic carbocycles. The fraction of sp³-hybridized carbons (Fsp3) is 0.737. The van der Waals surface area contributed by atoms with Crippen LogP contribution < -0.4 is 10.6 Å². The number of carbonyl (C=O) groups excluding carboxylic acids is 1. The summed E-state index contributed by atoms with van der Waals surface area (Å²) < 4.78 is 2.06. The van der Waals surface area contributed by atoms with E-state index in [-0.39, 0.29) is 17.9 Å². The average molecular weight is 363 g/mol. The standard InChI is InChI=1S/C19H34N6O/c1-13(2)18(26)24-8-7-17(12-24)22-19(20-6)21-10-14(3)11-25-16(5)9-15(4)23-25/h9,13-14,17H,7-8,10-12H2,1-6H3,(H2,20,21,22). The maximum Gasteiger partial charge on any atom is 0.225 e. The molecule has 2 rings (SSSR count). The first-order valence-electron chi connectivity index (χ1n) is 9.57. The van der Waals surface area contributed by atoms with Crippen LogP contribution in [0.2, 0.25) is 0 Å². The molecule has 1 aliphatic rings. The van der Waals surface area contributed by atoms with Gasteiger partial charge in [0, 0.05) is 50.9 Å². The van der Waals surface area contributed by atoms with Crippen LogP contribution in [0.5, 0.6) is 0 Å². The third-order valence-electron chi connectivity index (χ3n) is 4.76. The minimum absolute atomic E-state index is 0.0569. The van der Waals surface area contributed by atoms with Gasteiger partial charge in [0.2, 0.25) is 5.91 Å². The molecule has 7 heteroatoms. The van der Waals surface area contributed by atoms with Crippen LogP contribution in [0.1, 0.15) is 38.6 Å². The monoisotopic (exact) mass is 362 g/mol. The van der Waals surface area contributed by atoms with Crippen molar-refractivity contribution in [1.82, 2.24) is 25.3 Å². The number of likely N-dealkylation sites (tertiary alicyclic amines) is 1. The first-order chi connectivity index (χ1) is 12.3. The van der Waals surface area contributed by atoms with Gasteiger partial charge >= 0.3 is 0 Å². The van der Waals surface area contributed by atoms with Crippen molar-refractivity contribution in [2.45, 2.75) is 53.6 Å². The lowest BCUT2D eigenvalue weighted by Gasteiger charge is -2.21. The Hall–Kier alpha value is -2.05. The smallest absolute Gasteiger partial charge is 0.225 e. The maximum absolute atomic E-state index is 12.1. The highest BCUT2D eigenvalue weighted by molar-refractivity contribution is 5.81. The van der Waals surface area contributed by atoms with Crippen molar-refractivity contribution < 1.29 is 4.79 Å². The second kappa shape index (κ2) is 9.05. The predicted molar refractivity (Wildman–Crippen MR) is 105 cm³/mol. The van der Waals surface area contributed by atoms with Crippen molar-refractivity contribution in [3.8, 4) is 0 Å². The summed E-state index contributed by atoms with van der Waals surface area (Å²) >= 11 is 0. The SMILES string of the molecule is CN=C(NCC(C)Cn1nc(C)cc1C)NC1CCN(C(=O)C(C)C)C1. The Morgan fingerprint density at radius 3 is 2.69 bits per heavy atom. The molecule has 1 aromatic heterocycles. The fourth-order valence-electron chi connectivity index (χ4n) is 3.32. The van der Waals surface area contributed by atoms with Crippen LogP contribution in [-0.4, -0.2) is 59.3 Å². The van der Waals surface area contributed by atoms with Crippen molar-refractivity contribution in [1.29, 1.82) is 0 Å². The van der Waals surface area contributed by atoms with Gasteiger partial charge in [0.25, 0.3) is 0 Å². The predicted octanol–water partition coefficient (Wildman–Crippen LogP) is 1.56. The van der Waals surface area contributed by atoms with E-state index in [0.29, 0.717) is 5.92 Å². The third-order valence-corrected chi connectivity index (χ3v) is 4.76. The molecular weight excluding hydrogens is 328 g/mol. The fourth-order valence-corrected chi connectivity index (χ4v) is 3.32. The molecule has 2 unspecified atom stereocenters. The highest BCUT2D eigenvalue weighted by atomic mass is 16.2. The van der Waals surface area contributed by atoms with Crippen molar-refractivity contribution in [3.63, 3.8) is 0 Å². The summed E-state index contributed by atoms with van der Waals surface area (Å²) in [4.78, 5) is 18.4. The Balaban J connectivity index is 1.77. The van der Waals surface area contributed by atoms with Gasteiger partial charge in [-0.2, -0.15) is 5.10 Å². The molecule has 146 valence electrons. The normalized spacial score (nSPS) is 19.1. The van der Waals surface area contributed by atoms with Crippen LogP contribution in [0.25, 0.3) is 0 Å². The third kappa shape index (κ3) is 5.47. The summed E-state index contributed by atoms with van der Waals surface area (Å²) in [6.45, 7) is 13.5. The molecule has 0 spiro atoms. The molecule has 2 heterocycles. The number of rotatable bonds is 6. The Bertz CT molecular complexity index is 636. The molecule has 1 fully saturated rings. The highest BCUT2D eigenvalue weighted by Gasteiger charge is 2.27. The lowest BCUT2D eigenvalue weighted by molar-refractivity contribution is -0.133. The molecule has 1 aromatic rings. The van der Waals surface area contributed by atoms with Crippen LogP contribution in [0, 0.1) is 25.7 Å². The second-order valence-corrected chi connectivity index (χ2v) is 7.74. The second-order valence-electron chi connectivity index (χ2n) is 7.74. The van der Waals surface area contributed by atoms with Crippen molar-refractivity contribution >= 4 is 11.9 Å². The molecule has 26 heavy (non-hydrogen) atoms. The van der Waals surface area contributed by atoms with Crippen LogP contribution in [-0.2, 0) is 11.3 Å². The lowest BCUT2D eigenvalue weighted by atomic mass is 10.2. The van der Waals surface area contributed by atoms with Gasteiger partial charge in [-0.15, -0.1) is 0 Å². The van der Waals surface area contributed by atoms with Gasteiger partial charge in [-0.25, -0.2) is 0 Å². The topological polar surface area (TPSA) is 74.6 Å². The zero-order valence-corrected chi connectivity index (χ0v) is 17.0. The number of nitrogens with zero attached hydrogens (tertiary/aromatic N) is 4. The maximum atomic E-state index is 12.1. The van der Waals surface area contributed by atoms with Gasteiger partial charge in [0.05, 0.1) is 5.69 Å². The lowest BCUT2D eigenvalue weighted by Crippen LogP contribution is -2.46. The summed E-state index contributed by atoms with van der Waals surface area (Å²) in [6, 6.07) is 2.36. The summed E-state index contributed by atoms with van der Waals surface area (Å²) in [7, 11) is 1.78. The Morgan fingerprint density at radius 1 is 1.38 bits per heavy atom. The van der Waals surface area contributed by atoms with E-state index in [1.54, 1.807) is 7.05 Å². The molecule has 0 aromatic carbocycles. The highest BCUT2D eigenvalue weighted by Crippen LogP contribution is 2.12. The van der Waals surface area contributed by atoms with Gasteiger partial charge in [-0.3, -0.25) is 14.5 Å². The number of hydrogen-bond acceptors (Lipinski definition) is 3. The zero-order chi connectivity index (χ0) is 19.3. The van der Waals surface area contributed by atoms with E-state index in [2.05, 4.69) is 45.3 Å². The van der Waals surface area contributed by atoms with E-state index < -0.39 is 0 Å². The van der Waals surface area contributed by atoms with Crippen molar-refractivity contribution in [2.75, 3.05) is 26.7 Å². The van der Waals surface area contributed by atoms with Crippen molar-refractivity contribution in [3.05, 3.63) is 17.5 Å². The summed E-state index contributed by atoms with van der Waals surface area (Å²) in [6.07, 6.45) is 0.959. The van der Waals surface area contributed by atoms with Crippen LogP contribution in [0.15, 0.2) is 11.1 Å². The number of guanidine groups is 1. The number of carbonyl (C=O) groups is 1. The number of amides is 1. The molecule has 1 aliphatic heterocycles. The molecule has 0 radical (unpaired) electrons. The first kappa shape index (κ1) is 20.3. The van der Waals surface area contributed by atoms with Gasteiger partial charge in [0.1, 0.15) is 0 Å². The van der Waals surface area contributed by atoms with E-state index >= 15 is 0 Å². The number of aromatic nitrogens is 2. The van der Waals surface area contributed by atoms with E-state index in [1.807, 2.05) is 25.7 Å². The van der Waals surface area contributed by atoms with E-state index in [1.165, 1.54) is 5.69 Å². The summed E-state index contributed by atoms with van der Waals surface area (Å²) in [5, 5.41) is 11.4. The van der Waals surface area contributed by atoms with Gasteiger partial charge < -0.3 is 15.5 Å². The van der Waals surface area contributed by atoms with Crippen LogP contribution >= 0.6 is 0 Å². The Labute approximate surface area is 157 Å². The molecule has 2 atom stereocenters. The van der Waals surface area contributed by atoms with E-state index in [9.17, 15) is 4.79 Å². The quantitative estimate of drug-likeness (QED) is 0.595. The minimum atomic E-state index is 0.0569. The Morgan fingerprint density at radius 2 is 2.12 bits per heavy atom. The van der Waals surface area contributed by atoms with Crippen LogP contribution in [0.3, 0.4) is 0 Å². The van der Waals surface area contributed by atoms with E-state index in [4.69, 9.17) is 0 Å². The molecule has 0 bridgehead atoms. The van der Waals surface area contributed by atoms with E-state index in [0.717, 1.165) is 44.3 Å². The number of aryl methyl sites for hydroxylation is 2. The van der Waals surface area contributed by atoms with Gasteiger partial charge in [-0.05, 0) is 32.3 Å². The number of hydrogen-bond donors (Lipinski definition) is 2. The average Bonchev–Trinajstić information content (AvgIpc) is 3.17.